The van der Waals surface area contributed by atoms with Crippen molar-refractivity contribution in [2.75, 3.05) is 13.1 Å². The van der Waals surface area contributed by atoms with Gasteiger partial charge >= 0.3 is 0 Å². The van der Waals surface area contributed by atoms with Gasteiger partial charge < -0.3 is 9.64 Å². The standard InChI is InChI=1S/C21H21F2NO2/c1-2-16-8-9-18(20(25)24-12-10-21(22,23)11-13-24)19(14-16)26-15-17-6-4-3-5-7-17/h2-9,14H,1,10-13,15H2. The maximum Gasteiger partial charge on any atom is 0.257 e. The summed E-state index contributed by atoms with van der Waals surface area (Å²) in [6.45, 7) is 4.15. The van der Waals surface area contributed by atoms with E-state index in [1.165, 1.54) is 4.90 Å². The van der Waals surface area contributed by atoms with Crippen molar-refractivity contribution in [1.82, 2.24) is 4.90 Å². The Morgan fingerprint density at radius 3 is 2.50 bits per heavy atom. The molecule has 5 heteroatoms. The Morgan fingerprint density at radius 1 is 1.15 bits per heavy atom. The number of benzene rings is 2. The van der Waals surface area contributed by atoms with Crippen LogP contribution in [0.4, 0.5) is 8.78 Å². The van der Waals surface area contributed by atoms with Crippen LogP contribution in [0.25, 0.3) is 6.08 Å². The molecule has 2 aromatic carbocycles. The zero-order chi connectivity index (χ0) is 18.6. The summed E-state index contributed by atoms with van der Waals surface area (Å²) >= 11 is 0. The number of amides is 1. The van der Waals surface area contributed by atoms with Crippen molar-refractivity contribution in [3.05, 3.63) is 71.8 Å². The van der Waals surface area contributed by atoms with Crippen molar-refractivity contribution in [3.63, 3.8) is 0 Å². The largest absolute Gasteiger partial charge is 0.488 e. The molecule has 1 saturated heterocycles. The summed E-state index contributed by atoms with van der Waals surface area (Å²) in [5, 5.41) is 0. The third-order valence-corrected chi connectivity index (χ3v) is 4.49. The maximum absolute atomic E-state index is 13.4. The highest BCUT2D eigenvalue weighted by Gasteiger charge is 2.36. The number of halogens is 2. The lowest BCUT2D eigenvalue weighted by Crippen LogP contribution is -2.42. The molecule has 0 N–H and O–H groups in total. The maximum atomic E-state index is 13.4. The number of rotatable bonds is 5. The molecule has 0 saturated carbocycles. The number of ether oxygens (including phenoxy) is 1. The van der Waals surface area contributed by atoms with Gasteiger partial charge in [-0.05, 0) is 23.3 Å². The minimum absolute atomic E-state index is 0.0488. The van der Waals surface area contributed by atoms with E-state index in [1.54, 1.807) is 24.3 Å². The summed E-state index contributed by atoms with van der Waals surface area (Å²) in [5.41, 5.74) is 2.19. The van der Waals surface area contributed by atoms with Crippen LogP contribution in [-0.2, 0) is 6.61 Å². The summed E-state index contributed by atoms with van der Waals surface area (Å²) in [4.78, 5) is 14.3. The average Bonchev–Trinajstić information content (AvgIpc) is 2.66. The number of nitrogens with zero attached hydrogens (tertiary/aromatic N) is 1. The highest BCUT2D eigenvalue weighted by atomic mass is 19.3. The van der Waals surface area contributed by atoms with Crippen molar-refractivity contribution < 1.29 is 18.3 Å². The molecule has 1 aliphatic rings. The van der Waals surface area contributed by atoms with E-state index in [4.69, 9.17) is 4.74 Å². The minimum atomic E-state index is -2.68. The van der Waals surface area contributed by atoms with Crippen molar-refractivity contribution >= 4 is 12.0 Å². The van der Waals surface area contributed by atoms with Gasteiger partial charge in [0.25, 0.3) is 11.8 Å². The molecule has 1 aliphatic heterocycles. The van der Waals surface area contributed by atoms with Crippen LogP contribution in [-0.4, -0.2) is 29.8 Å². The quantitative estimate of drug-likeness (QED) is 0.771. The number of carbonyl (C=O) groups excluding carboxylic acids is 1. The van der Waals surface area contributed by atoms with Crippen molar-refractivity contribution in [3.8, 4) is 5.75 Å². The SMILES string of the molecule is C=Cc1ccc(C(=O)N2CCC(F)(F)CC2)c(OCc2ccccc2)c1. The van der Waals surface area contributed by atoms with Crippen LogP contribution in [0.15, 0.2) is 55.1 Å². The van der Waals surface area contributed by atoms with E-state index in [0.29, 0.717) is 17.9 Å². The molecule has 0 bridgehead atoms. The lowest BCUT2D eigenvalue weighted by molar-refractivity contribution is -0.0494. The summed E-state index contributed by atoms with van der Waals surface area (Å²) in [6.07, 6.45) is 1.07. The van der Waals surface area contributed by atoms with Gasteiger partial charge in [0, 0.05) is 25.9 Å². The second kappa shape index (κ2) is 7.68. The molecule has 1 amide bonds. The highest BCUT2D eigenvalue weighted by Crippen LogP contribution is 2.30. The van der Waals surface area contributed by atoms with E-state index in [9.17, 15) is 13.6 Å². The van der Waals surface area contributed by atoms with Crippen molar-refractivity contribution in [1.29, 1.82) is 0 Å². The number of piperidine rings is 1. The van der Waals surface area contributed by atoms with Gasteiger partial charge in [0.1, 0.15) is 12.4 Å². The molecule has 0 radical (unpaired) electrons. The van der Waals surface area contributed by atoms with Crippen LogP contribution in [0.3, 0.4) is 0 Å². The fraction of sp³-hybridized carbons (Fsp3) is 0.286. The van der Waals surface area contributed by atoms with Gasteiger partial charge in [-0.3, -0.25) is 4.79 Å². The lowest BCUT2D eigenvalue weighted by atomic mass is 10.0. The van der Waals surface area contributed by atoms with Gasteiger partial charge in [0.15, 0.2) is 0 Å². The molecule has 1 fully saturated rings. The molecule has 0 aromatic heterocycles. The molecular formula is C21H21F2NO2. The summed E-state index contributed by atoms with van der Waals surface area (Å²) in [6, 6.07) is 14.8. The molecule has 136 valence electrons. The Morgan fingerprint density at radius 2 is 1.85 bits per heavy atom. The lowest BCUT2D eigenvalue weighted by Gasteiger charge is -2.32. The first-order chi connectivity index (χ1) is 12.5. The fourth-order valence-electron chi connectivity index (χ4n) is 2.90. The number of hydrogen-bond donors (Lipinski definition) is 0. The second-order valence-corrected chi connectivity index (χ2v) is 6.38. The van der Waals surface area contributed by atoms with Gasteiger partial charge in [-0.15, -0.1) is 0 Å². The monoisotopic (exact) mass is 357 g/mol. The van der Waals surface area contributed by atoms with E-state index in [-0.39, 0.29) is 31.8 Å². The van der Waals surface area contributed by atoms with E-state index < -0.39 is 5.92 Å². The predicted octanol–water partition coefficient (Wildman–Crippen LogP) is 4.78. The first kappa shape index (κ1) is 18.1. The molecule has 3 nitrogen and oxygen atoms in total. The molecule has 3 rings (SSSR count). The van der Waals surface area contributed by atoms with Crippen molar-refractivity contribution in [2.24, 2.45) is 0 Å². The Labute approximate surface area is 151 Å². The van der Waals surface area contributed by atoms with Gasteiger partial charge in [-0.25, -0.2) is 8.78 Å². The van der Waals surface area contributed by atoms with E-state index in [0.717, 1.165) is 11.1 Å². The Balaban J connectivity index is 1.79. The summed E-state index contributed by atoms with van der Waals surface area (Å²) in [5.74, 6) is -2.52. The molecule has 2 aromatic rings. The average molecular weight is 357 g/mol. The van der Waals surface area contributed by atoms with Crippen LogP contribution in [0.2, 0.25) is 0 Å². The first-order valence-corrected chi connectivity index (χ1v) is 8.59. The van der Waals surface area contributed by atoms with Crippen LogP contribution in [0.1, 0.15) is 34.3 Å². The molecule has 0 spiro atoms. The predicted molar refractivity (Wildman–Crippen MR) is 97.4 cm³/mol. The van der Waals surface area contributed by atoms with Gasteiger partial charge in [0.2, 0.25) is 0 Å². The number of likely N-dealkylation sites (tertiary alicyclic amines) is 1. The molecule has 1 heterocycles. The van der Waals surface area contributed by atoms with Crippen molar-refractivity contribution in [2.45, 2.75) is 25.4 Å². The number of hydrogen-bond acceptors (Lipinski definition) is 2. The molecular weight excluding hydrogens is 336 g/mol. The Bertz CT molecular complexity index is 780. The highest BCUT2D eigenvalue weighted by molar-refractivity contribution is 5.97. The van der Waals surface area contributed by atoms with E-state index >= 15 is 0 Å². The van der Waals surface area contributed by atoms with Gasteiger partial charge in [-0.1, -0.05) is 49.1 Å². The van der Waals surface area contributed by atoms with Crippen LogP contribution >= 0.6 is 0 Å². The van der Waals surface area contributed by atoms with Crippen LogP contribution < -0.4 is 4.74 Å². The van der Waals surface area contributed by atoms with Gasteiger partial charge in [-0.2, -0.15) is 0 Å². The molecule has 0 unspecified atom stereocenters. The zero-order valence-corrected chi connectivity index (χ0v) is 14.5. The molecule has 0 atom stereocenters. The van der Waals surface area contributed by atoms with Gasteiger partial charge in [0.05, 0.1) is 5.56 Å². The molecule has 0 aliphatic carbocycles. The first-order valence-electron chi connectivity index (χ1n) is 8.59. The fourth-order valence-corrected chi connectivity index (χ4v) is 2.90. The number of carbonyl (C=O) groups is 1. The van der Waals surface area contributed by atoms with Crippen LogP contribution in [0, 0.1) is 0 Å². The van der Waals surface area contributed by atoms with E-state index in [2.05, 4.69) is 6.58 Å². The Kier molecular flexibility index (Phi) is 5.35. The smallest absolute Gasteiger partial charge is 0.257 e. The number of alkyl halides is 2. The summed E-state index contributed by atoms with van der Waals surface area (Å²) < 4.78 is 32.6. The summed E-state index contributed by atoms with van der Waals surface area (Å²) in [7, 11) is 0. The Hall–Kier alpha value is -2.69. The second-order valence-electron chi connectivity index (χ2n) is 6.38. The third-order valence-electron chi connectivity index (χ3n) is 4.49. The third kappa shape index (κ3) is 4.28. The van der Waals surface area contributed by atoms with Crippen LogP contribution in [0.5, 0.6) is 5.75 Å². The van der Waals surface area contributed by atoms with E-state index in [1.807, 2.05) is 30.3 Å². The topological polar surface area (TPSA) is 29.5 Å². The minimum Gasteiger partial charge on any atom is -0.488 e. The molecule has 26 heavy (non-hydrogen) atoms. The normalized spacial score (nSPS) is 16.2. The zero-order valence-electron chi connectivity index (χ0n) is 14.5.